The van der Waals surface area contributed by atoms with E-state index < -0.39 is 17.1 Å². The second kappa shape index (κ2) is 5.22. The van der Waals surface area contributed by atoms with Gasteiger partial charge in [0.1, 0.15) is 0 Å². The summed E-state index contributed by atoms with van der Waals surface area (Å²) in [7, 11) is -4.84. The summed E-state index contributed by atoms with van der Waals surface area (Å²) < 4.78 is 23.9. The lowest BCUT2D eigenvalue weighted by molar-refractivity contribution is 0.478. The number of sulfonamides is 1. The van der Waals surface area contributed by atoms with Crippen LogP contribution in [-0.4, -0.2) is 37.3 Å². The topological polar surface area (TPSA) is 70.0 Å². The highest BCUT2D eigenvalue weighted by atomic mass is 32.2. The van der Waals surface area contributed by atoms with E-state index in [9.17, 15) is 13.4 Å². The number of rotatable bonds is 3. The molecule has 0 saturated heterocycles. The molecule has 108 valence electrons. The van der Waals surface area contributed by atoms with Crippen LogP contribution in [0.2, 0.25) is 0 Å². The van der Waals surface area contributed by atoms with Crippen molar-refractivity contribution in [3.05, 3.63) is 29.3 Å². The first-order valence-electron chi connectivity index (χ1n) is 6.57. The van der Waals surface area contributed by atoms with Crippen LogP contribution in [0.25, 0.3) is 0 Å². The van der Waals surface area contributed by atoms with E-state index in [1.807, 2.05) is 12.1 Å². The van der Waals surface area contributed by atoms with Crippen LogP contribution in [0.1, 0.15) is 37.8 Å². The first-order chi connectivity index (χ1) is 9.23. The largest absolute Gasteiger partial charge is 0.484 e. The Morgan fingerprint density at radius 2 is 1.95 bits per heavy atom. The maximum atomic E-state index is 11.6. The van der Waals surface area contributed by atoms with Gasteiger partial charge in [0.05, 0.1) is 12.5 Å². The Kier molecular flexibility index (Phi) is 3.93. The Morgan fingerprint density at radius 3 is 2.50 bits per heavy atom. The second-order valence-electron chi connectivity index (χ2n) is 5.54. The predicted molar refractivity (Wildman–Crippen MR) is 81.6 cm³/mol. The first-order valence-corrected chi connectivity index (χ1v) is 8.42. The van der Waals surface area contributed by atoms with Gasteiger partial charge in [-0.25, -0.2) is 12.7 Å². The molecule has 0 fully saturated rings. The number of fused-ring (bicyclic) bond motifs is 1. The van der Waals surface area contributed by atoms with Crippen molar-refractivity contribution in [3.8, 4) is 0 Å². The van der Waals surface area contributed by atoms with Crippen molar-refractivity contribution in [2.75, 3.05) is 6.26 Å². The van der Waals surface area contributed by atoms with Gasteiger partial charge in [0.25, 0.3) is 0 Å². The molecule has 5 nitrogen and oxygen atoms in total. The molecular formula is C13H19BN2O3S. The lowest BCUT2D eigenvalue weighted by Gasteiger charge is -2.27. The fourth-order valence-electron chi connectivity index (χ4n) is 2.30. The lowest BCUT2D eigenvalue weighted by Crippen LogP contribution is -2.52. The average molecular weight is 294 g/mol. The molecule has 0 spiro atoms. The lowest BCUT2D eigenvalue weighted by atomic mass is 9.69. The molecule has 1 aliphatic rings. The molecule has 1 aromatic carbocycles. The van der Waals surface area contributed by atoms with Gasteiger partial charge in [0, 0.05) is 0 Å². The Bertz CT molecular complexity index is 643. The molecule has 0 bridgehead atoms. The number of hydrogen-bond donors (Lipinski definition) is 1. The van der Waals surface area contributed by atoms with E-state index in [-0.39, 0.29) is 0 Å². The fourth-order valence-corrected chi connectivity index (χ4v) is 2.99. The Labute approximate surface area is 120 Å². The number of hydrazone groups is 1. The molecule has 1 N–H and O–H groups in total. The molecule has 1 aromatic rings. The van der Waals surface area contributed by atoms with Crippen molar-refractivity contribution in [1.82, 2.24) is 4.33 Å². The summed E-state index contributed by atoms with van der Waals surface area (Å²) in [5.41, 5.74) is 2.48. The Morgan fingerprint density at radius 1 is 1.30 bits per heavy atom. The predicted octanol–water partition coefficient (Wildman–Crippen LogP) is 0.743. The fraction of sp³-hybridized carbons (Fsp3) is 0.462. The minimum atomic E-state index is -3.58. The summed E-state index contributed by atoms with van der Waals surface area (Å²) in [6, 6.07) is 5.58. The van der Waals surface area contributed by atoms with E-state index in [0.717, 1.165) is 21.7 Å². The van der Waals surface area contributed by atoms with Crippen LogP contribution < -0.4 is 5.46 Å². The third-order valence-electron chi connectivity index (χ3n) is 3.79. The highest BCUT2D eigenvalue weighted by molar-refractivity contribution is 7.89. The van der Waals surface area contributed by atoms with Gasteiger partial charge < -0.3 is 5.02 Å². The van der Waals surface area contributed by atoms with Gasteiger partial charge in [-0.15, -0.1) is 0 Å². The summed E-state index contributed by atoms with van der Waals surface area (Å²) in [4.78, 5) is 0. The maximum absolute atomic E-state index is 11.6. The van der Waals surface area contributed by atoms with Gasteiger partial charge in [-0.05, 0) is 28.4 Å². The molecule has 1 aliphatic heterocycles. The smallest absolute Gasteiger partial charge is 0.427 e. The average Bonchev–Trinajstić information content (AvgIpc) is 2.36. The van der Waals surface area contributed by atoms with Gasteiger partial charge in [-0.3, -0.25) is 0 Å². The minimum Gasteiger partial charge on any atom is -0.427 e. The van der Waals surface area contributed by atoms with Crippen LogP contribution in [0.5, 0.6) is 0 Å². The molecule has 0 radical (unpaired) electrons. The SMILES string of the molecule is CC(C)C(C)c1cccc2c1C=NN(S(C)(=O)=O)B2O. The molecule has 1 atom stereocenters. The first kappa shape index (κ1) is 15.1. The van der Waals surface area contributed by atoms with Crippen molar-refractivity contribution in [2.45, 2.75) is 26.7 Å². The standard InChI is InChI=1S/C13H19BN2O3S/c1-9(2)10(3)11-6-5-7-13-12(11)8-15-16(14(13)17)20(4,18)19/h5-10,17H,1-4H3. The van der Waals surface area contributed by atoms with Gasteiger partial charge >= 0.3 is 7.05 Å². The van der Waals surface area contributed by atoms with Crippen LogP contribution >= 0.6 is 0 Å². The van der Waals surface area contributed by atoms with Crippen molar-refractivity contribution in [3.63, 3.8) is 0 Å². The third-order valence-corrected chi connectivity index (χ3v) is 4.77. The van der Waals surface area contributed by atoms with E-state index in [1.165, 1.54) is 6.21 Å². The number of benzene rings is 1. The van der Waals surface area contributed by atoms with Crippen molar-refractivity contribution >= 4 is 28.8 Å². The molecule has 0 saturated carbocycles. The van der Waals surface area contributed by atoms with Crippen molar-refractivity contribution in [1.29, 1.82) is 0 Å². The Balaban J connectivity index is 2.53. The molecule has 0 aromatic heterocycles. The highest BCUT2D eigenvalue weighted by Crippen LogP contribution is 2.26. The summed E-state index contributed by atoms with van der Waals surface area (Å²) in [5, 5.41) is 14.1. The minimum absolute atomic E-state index is 0.299. The van der Waals surface area contributed by atoms with Crippen LogP contribution in [0.3, 0.4) is 0 Å². The number of hydrogen-bond acceptors (Lipinski definition) is 4. The number of nitrogens with zero attached hydrogens (tertiary/aromatic N) is 2. The zero-order valence-corrected chi connectivity index (χ0v) is 12.9. The summed E-state index contributed by atoms with van der Waals surface area (Å²) in [5.74, 6) is 0.744. The monoisotopic (exact) mass is 294 g/mol. The molecule has 0 aliphatic carbocycles. The van der Waals surface area contributed by atoms with E-state index >= 15 is 0 Å². The zero-order valence-electron chi connectivity index (χ0n) is 12.1. The van der Waals surface area contributed by atoms with Gasteiger partial charge in [-0.2, -0.15) is 5.10 Å². The molecule has 7 heteroatoms. The summed E-state index contributed by atoms with van der Waals surface area (Å²) >= 11 is 0. The van der Waals surface area contributed by atoms with E-state index in [2.05, 4.69) is 25.9 Å². The molecule has 0 amide bonds. The van der Waals surface area contributed by atoms with Gasteiger partial charge in [0.15, 0.2) is 0 Å². The van der Waals surface area contributed by atoms with Crippen LogP contribution in [0.15, 0.2) is 23.3 Å². The molecule has 2 rings (SSSR count). The van der Waals surface area contributed by atoms with Gasteiger partial charge in [0.2, 0.25) is 10.0 Å². The van der Waals surface area contributed by atoms with E-state index in [0.29, 0.717) is 17.3 Å². The van der Waals surface area contributed by atoms with Crippen LogP contribution in [0.4, 0.5) is 0 Å². The van der Waals surface area contributed by atoms with Crippen molar-refractivity contribution in [2.24, 2.45) is 11.0 Å². The molecule has 1 unspecified atom stereocenters. The molecule has 1 heterocycles. The quantitative estimate of drug-likeness (QED) is 0.836. The van der Waals surface area contributed by atoms with Crippen LogP contribution in [0, 0.1) is 5.92 Å². The van der Waals surface area contributed by atoms with Gasteiger partial charge in [-0.1, -0.05) is 39.0 Å². The molecular weight excluding hydrogens is 275 g/mol. The zero-order chi connectivity index (χ0) is 15.1. The summed E-state index contributed by atoms with van der Waals surface area (Å²) in [6.07, 6.45) is 2.55. The maximum Gasteiger partial charge on any atom is 0.484 e. The summed E-state index contributed by atoms with van der Waals surface area (Å²) in [6.45, 7) is 6.37. The third kappa shape index (κ3) is 2.60. The Hall–Kier alpha value is -1.34. The second-order valence-corrected chi connectivity index (χ2v) is 7.38. The normalized spacial score (nSPS) is 16.5. The van der Waals surface area contributed by atoms with E-state index in [4.69, 9.17) is 0 Å². The van der Waals surface area contributed by atoms with Crippen LogP contribution in [-0.2, 0) is 10.0 Å². The molecule has 20 heavy (non-hydrogen) atoms. The van der Waals surface area contributed by atoms with Crippen molar-refractivity contribution < 1.29 is 13.4 Å². The highest BCUT2D eigenvalue weighted by Gasteiger charge is 2.36. The van der Waals surface area contributed by atoms with E-state index in [1.54, 1.807) is 6.07 Å².